The Morgan fingerprint density at radius 3 is 1.12 bits per heavy atom. The van der Waals surface area contributed by atoms with Gasteiger partial charge in [-0.1, -0.05) is 69.9 Å². The first kappa shape index (κ1) is 31.4. The van der Waals surface area contributed by atoms with Gasteiger partial charge in [0.15, 0.2) is 0 Å². The van der Waals surface area contributed by atoms with Crippen molar-refractivity contribution in [3.63, 3.8) is 0 Å². The van der Waals surface area contributed by atoms with Gasteiger partial charge in [-0.15, -0.1) is 0 Å². The Labute approximate surface area is 207 Å². The predicted molar refractivity (Wildman–Crippen MR) is 151 cm³/mol. The van der Waals surface area contributed by atoms with E-state index >= 15 is 0 Å². The minimum Gasteiger partial charge on any atom is -0.393 e. The fraction of sp³-hybridized carbons (Fsp3) is 0.625. The summed E-state index contributed by atoms with van der Waals surface area (Å²) in [5, 5.41) is 9.43. The fourth-order valence-electron chi connectivity index (χ4n) is 3.84. The second kappa shape index (κ2) is 19.8. The van der Waals surface area contributed by atoms with Crippen molar-refractivity contribution >= 4 is 0 Å². The van der Waals surface area contributed by atoms with Crippen LogP contribution in [0.4, 0.5) is 0 Å². The number of unbranched alkanes of at least 4 members (excludes halogenated alkanes) is 1. The van der Waals surface area contributed by atoms with E-state index in [1.165, 1.54) is 59.1 Å². The summed E-state index contributed by atoms with van der Waals surface area (Å²) in [6.45, 7) is 17.4. The molecule has 1 heteroatoms. The van der Waals surface area contributed by atoms with Crippen LogP contribution >= 0.6 is 0 Å². The summed E-state index contributed by atoms with van der Waals surface area (Å²) in [7, 11) is 0. The lowest BCUT2D eigenvalue weighted by Gasteiger charge is -2.05. The molecule has 33 heavy (non-hydrogen) atoms. The first-order valence-electron chi connectivity index (χ1n) is 13.2. The molecule has 0 spiro atoms. The van der Waals surface area contributed by atoms with Gasteiger partial charge in [0.05, 0.1) is 6.10 Å². The number of aliphatic hydroxyl groups is 1. The minimum atomic E-state index is -0.235. The van der Waals surface area contributed by atoms with Crippen LogP contribution in [0, 0.1) is 0 Å². The lowest BCUT2D eigenvalue weighted by atomic mass is 10.0. The Morgan fingerprint density at radius 1 is 0.485 bits per heavy atom. The molecule has 0 bridgehead atoms. The van der Waals surface area contributed by atoms with Crippen molar-refractivity contribution in [1.29, 1.82) is 0 Å². The van der Waals surface area contributed by atoms with Crippen molar-refractivity contribution in [3.8, 4) is 0 Å². The molecule has 1 unspecified atom stereocenters. The van der Waals surface area contributed by atoms with Gasteiger partial charge in [0, 0.05) is 0 Å². The highest BCUT2D eigenvalue weighted by molar-refractivity contribution is 5.08. The van der Waals surface area contributed by atoms with Crippen LogP contribution in [-0.4, -0.2) is 11.2 Å². The van der Waals surface area contributed by atoms with Crippen molar-refractivity contribution in [1.82, 2.24) is 0 Å². The number of rotatable bonds is 17. The van der Waals surface area contributed by atoms with E-state index in [-0.39, 0.29) is 6.10 Å². The Balaban J connectivity index is 4.10. The van der Waals surface area contributed by atoms with Gasteiger partial charge in [0.25, 0.3) is 0 Å². The SMILES string of the molecule is CC(C)=CCC/C(C)=C/CC/C(C)=C/CC/C=C(\C)CC/C=C(\C)CCC=C(C)CC(C)O. The Hall–Kier alpha value is -1.60. The van der Waals surface area contributed by atoms with Gasteiger partial charge in [0.2, 0.25) is 0 Å². The highest BCUT2D eigenvalue weighted by atomic mass is 16.3. The summed E-state index contributed by atoms with van der Waals surface area (Å²) in [6, 6.07) is 0. The quantitative estimate of drug-likeness (QED) is 0.171. The molecule has 0 aliphatic carbocycles. The van der Waals surface area contributed by atoms with Gasteiger partial charge in [-0.3, -0.25) is 0 Å². The zero-order valence-electron chi connectivity index (χ0n) is 23.3. The molecule has 0 aromatic heterocycles. The Kier molecular flexibility index (Phi) is 18.9. The standard InChI is InChI=1S/C32H54O/c1-26(2)15-11-18-29(5)21-12-19-27(3)16-9-10-17-28(4)20-13-22-30(6)23-14-24-31(7)25-32(8)33/h15-17,21-22,24,32-33H,9-14,18-20,23,25H2,1-8H3/b27-16+,28-17+,29-21+,30-22+,31-24?. The van der Waals surface area contributed by atoms with Crippen LogP contribution in [-0.2, 0) is 0 Å². The smallest absolute Gasteiger partial charge is 0.0549 e. The first-order valence-corrected chi connectivity index (χ1v) is 13.2. The highest BCUT2D eigenvalue weighted by Crippen LogP contribution is 2.15. The third-order valence-corrected chi connectivity index (χ3v) is 5.96. The zero-order chi connectivity index (χ0) is 25.1. The van der Waals surface area contributed by atoms with E-state index in [0.717, 1.165) is 44.9 Å². The molecule has 0 amide bonds. The van der Waals surface area contributed by atoms with Crippen LogP contribution in [0.1, 0.15) is 126 Å². The first-order chi connectivity index (χ1) is 15.6. The van der Waals surface area contributed by atoms with Gasteiger partial charge < -0.3 is 5.11 Å². The lowest BCUT2D eigenvalue weighted by molar-refractivity contribution is 0.195. The summed E-state index contributed by atoms with van der Waals surface area (Å²) in [4.78, 5) is 0. The molecule has 0 heterocycles. The van der Waals surface area contributed by atoms with E-state index < -0.39 is 0 Å². The minimum absolute atomic E-state index is 0.235. The predicted octanol–water partition coefficient (Wildman–Crippen LogP) is 10.4. The number of hydrogen-bond acceptors (Lipinski definition) is 1. The van der Waals surface area contributed by atoms with E-state index in [2.05, 4.69) is 84.9 Å². The zero-order valence-corrected chi connectivity index (χ0v) is 23.3. The maximum atomic E-state index is 9.43. The summed E-state index contributed by atoms with van der Waals surface area (Å²) < 4.78 is 0. The summed E-state index contributed by atoms with van der Waals surface area (Å²) in [6.07, 6.45) is 26.3. The molecule has 1 N–H and O–H groups in total. The number of aliphatic hydroxyl groups excluding tert-OH is 1. The van der Waals surface area contributed by atoms with Gasteiger partial charge >= 0.3 is 0 Å². The molecule has 0 radical (unpaired) electrons. The van der Waals surface area contributed by atoms with E-state index in [1.54, 1.807) is 0 Å². The third kappa shape index (κ3) is 22.0. The number of hydrogen-bond donors (Lipinski definition) is 1. The monoisotopic (exact) mass is 454 g/mol. The Bertz CT molecular complexity index is 703. The van der Waals surface area contributed by atoms with Crippen LogP contribution in [0.25, 0.3) is 0 Å². The maximum Gasteiger partial charge on any atom is 0.0549 e. The molecule has 0 aromatic carbocycles. The molecular formula is C32H54O. The van der Waals surface area contributed by atoms with Gasteiger partial charge in [0.1, 0.15) is 0 Å². The summed E-state index contributed by atoms with van der Waals surface area (Å²) >= 11 is 0. The molecule has 1 nitrogen and oxygen atoms in total. The molecule has 0 saturated heterocycles. The summed E-state index contributed by atoms with van der Waals surface area (Å²) in [5.74, 6) is 0. The van der Waals surface area contributed by atoms with E-state index in [0.29, 0.717) is 0 Å². The highest BCUT2D eigenvalue weighted by Gasteiger charge is 1.97. The molecule has 0 rings (SSSR count). The molecule has 0 aliphatic heterocycles. The van der Waals surface area contributed by atoms with Gasteiger partial charge in [-0.2, -0.15) is 0 Å². The lowest BCUT2D eigenvalue weighted by Crippen LogP contribution is -1.99. The molecule has 0 fully saturated rings. The second-order valence-electron chi connectivity index (χ2n) is 10.3. The van der Waals surface area contributed by atoms with Crippen molar-refractivity contribution in [2.45, 2.75) is 132 Å². The van der Waals surface area contributed by atoms with Crippen molar-refractivity contribution in [2.24, 2.45) is 0 Å². The molecule has 0 aliphatic rings. The van der Waals surface area contributed by atoms with Crippen LogP contribution in [0.2, 0.25) is 0 Å². The van der Waals surface area contributed by atoms with Crippen LogP contribution in [0.5, 0.6) is 0 Å². The average molecular weight is 455 g/mol. The summed E-state index contributed by atoms with van der Waals surface area (Å²) in [5.41, 5.74) is 8.73. The van der Waals surface area contributed by atoms with Crippen molar-refractivity contribution in [3.05, 3.63) is 69.9 Å². The largest absolute Gasteiger partial charge is 0.393 e. The molecule has 1 atom stereocenters. The molecule has 0 saturated carbocycles. The second-order valence-corrected chi connectivity index (χ2v) is 10.3. The maximum absolute atomic E-state index is 9.43. The van der Waals surface area contributed by atoms with E-state index in [1.807, 2.05) is 6.92 Å². The van der Waals surface area contributed by atoms with E-state index in [9.17, 15) is 5.11 Å². The third-order valence-electron chi connectivity index (χ3n) is 5.96. The van der Waals surface area contributed by atoms with Crippen molar-refractivity contribution < 1.29 is 5.11 Å². The number of allylic oxidation sites excluding steroid dienone is 11. The fourth-order valence-corrected chi connectivity index (χ4v) is 3.84. The topological polar surface area (TPSA) is 20.2 Å². The van der Waals surface area contributed by atoms with Crippen LogP contribution in [0.15, 0.2) is 69.9 Å². The van der Waals surface area contributed by atoms with Crippen LogP contribution in [0.3, 0.4) is 0 Å². The normalized spacial score (nSPS) is 15.1. The molecule has 188 valence electrons. The Morgan fingerprint density at radius 2 is 0.788 bits per heavy atom. The molecule has 0 aromatic rings. The van der Waals surface area contributed by atoms with Gasteiger partial charge in [-0.05, 0) is 126 Å². The average Bonchev–Trinajstić information content (AvgIpc) is 2.70. The van der Waals surface area contributed by atoms with Crippen LogP contribution < -0.4 is 0 Å². The van der Waals surface area contributed by atoms with E-state index in [4.69, 9.17) is 0 Å². The van der Waals surface area contributed by atoms with Gasteiger partial charge in [-0.25, -0.2) is 0 Å². The molecular weight excluding hydrogens is 400 g/mol. The van der Waals surface area contributed by atoms with Crippen molar-refractivity contribution in [2.75, 3.05) is 0 Å².